The Hall–Kier alpha value is -2.01. The van der Waals surface area contributed by atoms with E-state index in [1.165, 1.54) is 0 Å². The molecule has 21 heavy (non-hydrogen) atoms. The standard InChI is InChI=1S/C16H16N2O2S/c19-16(18-17-14-7-8-21-11-14)10-20-15-6-5-12-3-1-2-4-13(12)9-15/h1-6,9H,7-8,10-11H2,(H,18,19)/b17-14-. The van der Waals surface area contributed by atoms with Gasteiger partial charge in [0.25, 0.3) is 5.91 Å². The van der Waals surface area contributed by atoms with E-state index in [1.807, 2.05) is 54.2 Å². The second-order valence-electron chi connectivity index (χ2n) is 4.81. The number of nitrogens with zero attached hydrogens (tertiary/aromatic N) is 1. The molecular formula is C16H16N2O2S. The van der Waals surface area contributed by atoms with Crippen molar-refractivity contribution in [3.8, 4) is 5.75 Å². The van der Waals surface area contributed by atoms with Gasteiger partial charge in [0.05, 0.1) is 0 Å². The summed E-state index contributed by atoms with van der Waals surface area (Å²) < 4.78 is 5.50. The van der Waals surface area contributed by atoms with Crippen LogP contribution in [0.3, 0.4) is 0 Å². The zero-order valence-electron chi connectivity index (χ0n) is 11.5. The van der Waals surface area contributed by atoms with Crippen molar-refractivity contribution < 1.29 is 9.53 Å². The van der Waals surface area contributed by atoms with Crippen molar-refractivity contribution in [2.75, 3.05) is 18.1 Å². The van der Waals surface area contributed by atoms with Crippen molar-refractivity contribution in [3.05, 3.63) is 42.5 Å². The van der Waals surface area contributed by atoms with Gasteiger partial charge in [0.1, 0.15) is 5.75 Å². The number of hydrogen-bond donors (Lipinski definition) is 1. The molecule has 1 saturated heterocycles. The minimum Gasteiger partial charge on any atom is -0.484 e. The van der Waals surface area contributed by atoms with Crippen LogP contribution in [0.1, 0.15) is 6.42 Å². The van der Waals surface area contributed by atoms with Crippen molar-refractivity contribution >= 4 is 34.2 Å². The fourth-order valence-corrected chi connectivity index (χ4v) is 3.09. The van der Waals surface area contributed by atoms with Crippen LogP contribution in [0.2, 0.25) is 0 Å². The molecule has 0 unspecified atom stereocenters. The normalized spacial score (nSPS) is 16.3. The third-order valence-electron chi connectivity index (χ3n) is 3.23. The van der Waals surface area contributed by atoms with Gasteiger partial charge in [-0.1, -0.05) is 30.3 Å². The van der Waals surface area contributed by atoms with E-state index in [1.54, 1.807) is 0 Å². The van der Waals surface area contributed by atoms with Crippen molar-refractivity contribution in [1.29, 1.82) is 0 Å². The Labute approximate surface area is 127 Å². The van der Waals surface area contributed by atoms with E-state index < -0.39 is 0 Å². The minimum atomic E-state index is -0.229. The summed E-state index contributed by atoms with van der Waals surface area (Å²) in [5.74, 6) is 2.45. The highest BCUT2D eigenvalue weighted by Crippen LogP contribution is 2.20. The number of hydrogen-bond acceptors (Lipinski definition) is 4. The molecule has 1 N–H and O–H groups in total. The first kappa shape index (κ1) is 13.9. The van der Waals surface area contributed by atoms with Crippen LogP contribution in [0, 0.1) is 0 Å². The van der Waals surface area contributed by atoms with Gasteiger partial charge < -0.3 is 4.74 Å². The number of carbonyl (C=O) groups is 1. The van der Waals surface area contributed by atoms with Crippen molar-refractivity contribution in [2.24, 2.45) is 5.10 Å². The molecule has 0 radical (unpaired) electrons. The number of carbonyl (C=O) groups excluding carboxylic acids is 1. The zero-order valence-corrected chi connectivity index (χ0v) is 12.4. The summed E-state index contributed by atoms with van der Waals surface area (Å²) in [5.41, 5.74) is 3.58. The molecule has 3 rings (SSSR count). The maximum absolute atomic E-state index is 11.7. The number of fused-ring (bicyclic) bond motifs is 1. The molecule has 1 heterocycles. The van der Waals surface area contributed by atoms with E-state index in [4.69, 9.17) is 4.74 Å². The predicted octanol–water partition coefficient (Wildman–Crippen LogP) is 2.83. The van der Waals surface area contributed by atoms with Crippen LogP contribution < -0.4 is 10.2 Å². The Morgan fingerprint density at radius 1 is 1.24 bits per heavy atom. The van der Waals surface area contributed by atoms with Crippen LogP contribution in [-0.2, 0) is 4.79 Å². The maximum atomic E-state index is 11.7. The van der Waals surface area contributed by atoms with Gasteiger partial charge in [-0.2, -0.15) is 16.9 Å². The summed E-state index contributed by atoms with van der Waals surface area (Å²) in [4.78, 5) is 11.7. The monoisotopic (exact) mass is 300 g/mol. The number of ether oxygens (including phenoxy) is 1. The summed E-state index contributed by atoms with van der Waals surface area (Å²) in [5, 5.41) is 6.35. The van der Waals surface area contributed by atoms with E-state index in [0.29, 0.717) is 5.75 Å². The van der Waals surface area contributed by atoms with Crippen LogP contribution in [0.15, 0.2) is 47.6 Å². The lowest BCUT2D eigenvalue weighted by atomic mass is 10.1. The first-order valence-electron chi connectivity index (χ1n) is 6.85. The van der Waals surface area contributed by atoms with E-state index >= 15 is 0 Å². The highest BCUT2D eigenvalue weighted by Gasteiger charge is 2.09. The van der Waals surface area contributed by atoms with Crippen LogP contribution in [0.25, 0.3) is 10.8 Å². The van der Waals surface area contributed by atoms with Crippen LogP contribution in [0.5, 0.6) is 5.75 Å². The molecule has 1 fully saturated rings. The fourth-order valence-electron chi connectivity index (χ4n) is 2.12. The summed E-state index contributed by atoms with van der Waals surface area (Å²) in [6, 6.07) is 13.8. The Bertz CT molecular complexity index is 677. The van der Waals surface area contributed by atoms with Gasteiger partial charge in [0.15, 0.2) is 6.61 Å². The molecule has 0 bridgehead atoms. The number of rotatable bonds is 4. The smallest absolute Gasteiger partial charge is 0.277 e. The predicted molar refractivity (Wildman–Crippen MR) is 87.0 cm³/mol. The van der Waals surface area contributed by atoms with E-state index in [-0.39, 0.29) is 12.5 Å². The first-order chi connectivity index (χ1) is 10.3. The Balaban J connectivity index is 1.55. The SMILES string of the molecule is O=C(COc1ccc2ccccc2c1)N/N=C1/CCSC1. The highest BCUT2D eigenvalue weighted by atomic mass is 32.2. The molecule has 2 aromatic carbocycles. The Morgan fingerprint density at radius 2 is 2.10 bits per heavy atom. The lowest BCUT2D eigenvalue weighted by Crippen LogP contribution is -2.25. The molecule has 0 saturated carbocycles. The molecule has 0 aliphatic carbocycles. The average Bonchev–Trinajstić information content (AvgIpc) is 3.04. The number of nitrogens with one attached hydrogen (secondary N) is 1. The molecule has 2 aromatic rings. The van der Waals surface area contributed by atoms with Gasteiger partial charge in [-0.15, -0.1) is 0 Å². The molecule has 4 nitrogen and oxygen atoms in total. The van der Waals surface area contributed by atoms with Gasteiger partial charge in [-0.3, -0.25) is 4.79 Å². The van der Waals surface area contributed by atoms with Crippen molar-refractivity contribution in [2.45, 2.75) is 6.42 Å². The molecule has 1 amide bonds. The maximum Gasteiger partial charge on any atom is 0.277 e. The van der Waals surface area contributed by atoms with Crippen LogP contribution in [-0.4, -0.2) is 29.7 Å². The van der Waals surface area contributed by atoms with E-state index in [0.717, 1.165) is 34.4 Å². The zero-order chi connectivity index (χ0) is 14.5. The number of amides is 1. The van der Waals surface area contributed by atoms with Gasteiger partial charge in [0, 0.05) is 11.5 Å². The van der Waals surface area contributed by atoms with Gasteiger partial charge in [0.2, 0.25) is 0 Å². The molecule has 0 aromatic heterocycles. The van der Waals surface area contributed by atoms with Gasteiger partial charge in [-0.05, 0) is 35.1 Å². The fraction of sp³-hybridized carbons (Fsp3) is 0.250. The largest absolute Gasteiger partial charge is 0.484 e. The summed E-state index contributed by atoms with van der Waals surface area (Å²) in [7, 11) is 0. The number of thioether (sulfide) groups is 1. The number of hydrazone groups is 1. The second kappa shape index (κ2) is 6.63. The van der Waals surface area contributed by atoms with Crippen LogP contribution in [0.4, 0.5) is 0 Å². The molecule has 1 aliphatic heterocycles. The van der Waals surface area contributed by atoms with E-state index in [2.05, 4.69) is 10.5 Å². The Kier molecular flexibility index (Phi) is 4.40. The second-order valence-corrected chi connectivity index (χ2v) is 5.92. The lowest BCUT2D eigenvalue weighted by Gasteiger charge is -2.06. The molecule has 5 heteroatoms. The van der Waals surface area contributed by atoms with Gasteiger partial charge >= 0.3 is 0 Å². The average molecular weight is 300 g/mol. The molecule has 0 atom stereocenters. The molecule has 1 aliphatic rings. The third kappa shape index (κ3) is 3.76. The lowest BCUT2D eigenvalue weighted by molar-refractivity contribution is -0.123. The minimum absolute atomic E-state index is 0.0255. The topological polar surface area (TPSA) is 50.7 Å². The molecule has 108 valence electrons. The third-order valence-corrected chi connectivity index (χ3v) is 4.26. The Morgan fingerprint density at radius 3 is 2.90 bits per heavy atom. The van der Waals surface area contributed by atoms with Crippen molar-refractivity contribution in [1.82, 2.24) is 5.43 Å². The molecular weight excluding hydrogens is 284 g/mol. The van der Waals surface area contributed by atoms with Gasteiger partial charge in [-0.25, -0.2) is 5.43 Å². The van der Waals surface area contributed by atoms with Crippen LogP contribution >= 0.6 is 11.8 Å². The summed E-state index contributed by atoms with van der Waals surface area (Å²) in [6.45, 7) is -0.0255. The highest BCUT2D eigenvalue weighted by molar-refractivity contribution is 8.00. The first-order valence-corrected chi connectivity index (χ1v) is 8.00. The number of benzene rings is 2. The summed E-state index contributed by atoms with van der Waals surface area (Å²) in [6.07, 6.45) is 0.955. The summed E-state index contributed by atoms with van der Waals surface area (Å²) >= 11 is 1.83. The van der Waals surface area contributed by atoms with Crippen molar-refractivity contribution in [3.63, 3.8) is 0 Å². The molecule has 0 spiro atoms. The van der Waals surface area contributed by atoms with E-state index in [9.17, 15) is 4.79 Å². The quantitative estimate of drug-likeness (QED) is 0.883.